The number of pyridine rings is 1. The summed E-state index contributed by atoms with van der Waals surface area (Å²) in [7, 11) is 0. The van der Waals surface area contributed by atoms with Crippen LogP contribution in [0.1, 0.15) is 36.5 Å². The van der Waals surface area contributed by atoms with E-state index in [1.54, 1.807) is 0 Å². The van der Waals surface area contributed by atoms with Crippen LogP contribution in [0.3, 0.4) is 0 Å². The van der Waals surface area contributed by atoms with Crippen LogP contribution in [-0.4, -0.2) is 19.5 Å². The van der Waals surface area contributed by atoms with Crippen molar-refractivity contribution in [3.8, 4) is 11.6 Å². The second-order valence-electron chi connectivity index (χ2n) is 5.76. The molecular weight excluding hydrogens is 325 g/mol. The van der Waals surface area contributed by atoms with E-state index in [0.717, 1.165) is 11.6 Å². The Hall–Kier alpha value is -1.57. The molecule has 0 fully saturated rings. The van der Waals surface area contributed by atoms with E-state index in [1.807, 2.05) is 6.20 Å². The summed E-state index contributed by atoms with van der Waals surface area (Å²) in [6.45, 7) is 8.65. The molecular formula is C18H19NOSe. The van der Waals surface area contributed by atoms with Crippen molar-refractivity contribution in [2.75, 3.05) is 0 Å². The molecule has 108 valence electrons. The molecule has 0 radical (unpaired) electrons. The molecule has 0 bridgehead atoms. The standard InChI is InChI=1S/C18H19NOSe/c1-11(2)16-10-21-17-15(16)5-6-19-18(17)20-14-8-12(3)7-13(4)9-14/h5-11H,1-4H3. The Bertz CT molecular complexity index is 769. The molecule has 21 heavy (non-hydrogen) atoms. The van der Waals surface area contributed by atoms with Crippen LogP contribution in [0.25, 0.3) is 9.65 Å². The Balaban J connectivity index is 2.04. The monoisotopic (exact) mass is 345 g/mol. The Morgan fingerprint density at radius 1 is 1.10 bits per heavy atom. The van der Waals surface area contributed by atoms with Crippen molar-refractivity contribution in [3.05, 3.63) is 52.1 Å². The van der Waals surface area contributed by atoms with Gasteiger partial charge in [-0.25, -0.2) is 0 Å². The molecule has 0 aliphatic heterocycles. The van der Waals surface area contributed by atoms with Gasteiger partial charge in [-0.2, -0.15) is 0 Å². The summed E-state index contributed by atoms with van der Waals surface area (Å²) < 4.78 is 7.35. The Labute approximate surface area is 131 Å². The average molecular weight is 344 g/mol. The van der Waals surface area contributed by atoms with Gasteiger partial charge in [0.1, 0.15) is 0 Å². The Morgan fingerprint density at radius 3 is 2.48 bits per heavy atom. The first-order valence-corrected chi connectivity index (χ1v) is 9.01. The number of hydrogen-bond donors (Lipinski definition) is 0. The summed E-state index contributed by atoms with van der Waals surface area (Å²) in [6, 6.07) is 8.39. The van der Waals surface area contributed by atoms with Gasteiger partial charge in [0, 0.05) is 0 Å². The molecule has 2 heterocycles. The first kappa shape index (κ1) is 14.4. The van der Waals surface area contributed by atoms with E-state index in [1.165, 1.54) is 26.3 Å². The van der Waals surface area contributed by atoms with Gasteiger partial charge < -0.3 is 0 Å². The normalized spacial score (nSPS) is 11.3. The van der Waals surface area contributed by atoms with Crippen molar-refractivity contribution in [3.63, 3.8) is 0 Å². The van der Waals surface area contributed by atoms with Crippen LogP contribution in [0.2, 0.25) is 0 Å². The van der Waals surface area contributed by atoms with Gasteiger partial charge in [-0.3, -0.25) is 0 Å². The van der Waals surface area contributed by atoms with Crippen molar-refractivity contribution >= 4 is 24.1 Å². The van der Waals surface area contributed by atoms with Gasteiger partial charge in [0.15, 0.2) is 0 Å². The fraction of sp³-hybridized carbons (Fsp3) is 0.278. The van der Waals surface area contributed by atoms with Crippen LogP contribution in [0, 0.1) is 13.8 Å². The summed E-state index contributed by atoms with van der Waals surface area (Å²) in [4.78, 5) is 6.82. The van der Waals surface area contributed by atoms with Crippen LogP contribution in [0.5, 0.6) is 11.6 Å². The summed E-state index contributed by atoms with van der Waals surface area (Å²) >= 11 is 0.317. The molecule has 0 aliphatic rings. The molecule has 0 unspecified atom stereocenters. The maximum atomic E-state index is 6.08. The Kier molecular flexibility index (Phi) is 3.88. The van der Waals surface area contributed by atoms with E-state index in [4.69, 9.17) is 4.74 Å². The summed E-state index contributed by atoms with van der Waals surface area (Å²) in [5.41, 5.74) is 3.85. The van der Waals surface area contributed by atoms with Crippen LogP contribution in [-0.2, 0) is 0 Å². The van der Waals surface area contributed by atoms with Crippen molar-refractivity contribution in [1.82, 2.24) is 4.98 Å². The number of fused-ring (bicyclic) bond motifs is 1. The molecule has 0 amide bonds. The third-order valence-electron chi connectivity index (χ3n) is 3.52. The predicted molar refractivity (Wildman–Crippen MR) is 88.8 cm³/mol. The Morgan fingerprint density at radius 2 is 1.81 bits per heavy atom. The molecule has 2 aromatic heterocycles. The molecule has 3 aromatic rings. The van der Waals surface area contributed by atoms with E-state index < -0.39 is 0 Å². The minimum absolute atomic E-state index is 0.317. The van der Waals surface area contributed by atoms with Crippen LogP contribution in [0.15, 0.2) is 35.4 Å². The van der Waals surface area contributed by atoms with E-state index in [-0.39, 0.29) is 0 Å². The van der Waals surface area contributed by atoms with Crippen molar-refractivity contribution in [2.24, 2.45) is 0 Å². The second-order valence-corrected chi connectivity index (χ2v) is 7.61. The zero-order chi connectivity index (χ0) is 15.0. The number of nitrogens with zero attached hydrogens (tertiary/aromatic N) is 1. The van der Waals surface area contributed by atoms with Gasteiger partial charge in [0.25, 0.3) is 0 Å². The zero-order valence-corrected chi connectivity index (χ0v) is 14.5. The van der Waals surface area contributed by atoms with Gasteiger partial charge >= 0.3 is 131 Å². The van der Waals surface area contributed by atoms with E-state index in [0.29, 0.717) is 20.4 Å². The molecule has 0 saturated carbocycles. The number of hydrogen-bond acceptors (Lipinski definition) is 2. The number of rotatable bonds is 3. The van der Waals surface area contributed by atoms with E-state index in [9.17, 15) is 0 Å². The molecule has 0 N–H and O–H groups in total. The zero-order valence-electron chi connectivity index (χ0n) is 12.8. The van der Waals surface area contributed by atoms with Gasteiger partial charge in [-0.1, -0.05) is 0 Å². The van der Waals surface area contributed by atoms with E-state index in [2.05, 4.69) is 61.9 Å². The topological polar surface area (TPSA) is 22.1 Å². The fourth-order valence-electron chi connectivity index (χ4n) is 2.58. The summed E-state index contributed by atoms with van der Waals surface area (Å²) in [5, 5.41) is 1.32. The van der Waals surface area contributed by atoms with Crippen LogP contribution in [0.4, 0.5) is 0 Å². The second kappa shape index (κ2) is 5.67. The third kappa shape index (κ3) is 2.90. The quantitative estimate of drug-likeness (QED) is 0.635. The van der Waals surface area contributed by atoms with Crippen LogP contribution >= 0.6 is 0 Å². The summed E-state index contributed by atoms with van der Waals surface area (Å²) in [5.74, 6) is 2.19. The van der Waals surface area contributed by atoms with Crippen molar-refractivity contribution in [2.45, 2.75) is 33.6 Å². The van der Waals surface area contributed by atoms with Crippen molar-refractivity contribution < 1.29 is 4.74 Å². The van der Waals surface area contributed by atoms with Crippen LogP contribution < -0.4 is 4.74 Å². The maximum absolute atomic E-state index is 6.08. The van der Waals surface area contributed by atoms with Crippen molar-refractivity contribution in [1.29, 1.82) is 0 Å². The van der Waals surface area contributed by atoms with Gasteiger partial charge in [0.2, 0.25) is 0 Å². The first-order valence-electron chi connectivity index (χ1n) is 7.17. The number of benzene rings is 1. The van der Waals surface area contributed by atoms with E-state index >= 15 is 0 Å². The molecule has 3 heteroatoms. The van der Waals surface area contributed by atoms with Gasteiger partial charge in [-0.05, 0) is 0 Å². The number of aryl methyl sites for hydroxylation is 2. The van der Waals surface area contributed by atoms with Gasteiger partial charge in [-0.15, -0.1) is 0 Å². The van der Waals surface area contributed by atoms with Gasteiger partial charge in [0.05, 0.1) is 0 Å². The predicted octanol–water partition coefficient (Wildman–Crippen LogP) is 4.82. The average Bonchev–Trinajstić information content (AvgIpc) is 2.82. The fourth-order valence-corrected chi connectivity index (χ4v) is 5.00. The summed E-state index contributed by atoms with van der Waals surface area (Å²) in [6.07, 6.45) is 1.86. The molecule has 3 rings (SSSR count). The third-order valence-corrected chi connectivity index (χ3v) is 5.62. The number of ether oxygens (including phenoxy) is 1. The number of aromatic nitrogens is 1. The molecule has 1 aromatic carbocycles. The molecule has 0 saturated heterocycles. The molecule has 2 nitrogen and oxygen atoms in total. The molecule has 0 spiro atoms. The SMILES string of the molecule is Cc1cc(C)cc(Oc2nccc3c(C(C)C)c[se]c23)c1. The molecule has 0 atom stereocenters. The first-order chi connectivity index (χ1) is 10.0. The minimum atomic E-state index is 0.317. The molecule has 0 aliphatic carbocycles.